The molecule has 0 radical (unpaired) electrons. The maximum Gasteiger partial charge on any atom is 0.296 e. The Morgan fingerprint density at radius 1 is 1.13 bits per heavy atom. The van der Waals surface area contributed by atoms with E-state index in [0.717, 1.165) is 5.56 Å². The van der Waals surface area contributed by atoms with Crippen molar-refractivity contribution in [3.8, 4) is 5.75 Å². The standard InChI is InChI=1S/C24H20ClNO5/c1-2-30-18-6-3-5-15(13-18)14-26-21(19-7-4-12-31-19)20(23(28)24(26)29)22(27)16-8-10-17(25)11-9-16/h3-13,21,27H,2,14H2,1H3/b22-20-. The zero-order valence-electron chi connectivity index (χ0n) is 16.7. The van der Waals surface area contributed by atoms with Crippen LogP contribution in [0.1, 0.15) is 29.9 Å². The summed E-state index contributed by atoms with van der Waals surface area (Å²) in [6, 6.07) is 16.2. The van der Waals surface area contributed by atoms with Gasteiger partial charge in [0.05, 0.1) is 18.4 Å². The average molecular weight is 438 g/mol. The summed E-state index contributed by atoms with van der Waals surface area (Å²) in [4.78, 5) is 27.3. The second-order valence-electron chi connectivity index (χ2n) is 7.03. The number of likely N-dealkylation sites (tertiary alicyclic amines) is 1. The van der Waals surface area contributed by atoms with Crippen LogP contribution in [0.25, 0.3) is 5.76 Å². The van der Waals surface area contributed by atoms with E-state index in [0.29, 0.717) is 28.7 Å². The first-order valence-corrected chi connectivity index (χ1v) is 10.2. The molecule has 1 saturated heterocycles. The fourth-order valence-electron chi connectivity index (χ4n) is 3.65. The summed E-state index contributed by atoms with van der Waals surface area (Å²) in [5, 5.41) is 11.4. The number of Topliss-reactive ketones (excluding diaryl/α,β-unsaturated/α-hetero) is 1. The van der Waals surface area contributed by atoms with Gasteiger partial charge in [-0.1, -0.05) is 23.7 Å². The van der Waals surface area contributed by atoms with Crippen LogP contribution in [0.5, 0.6) is 5.75 Å². The highest BCUT2D eigenvalue weighted by Crippen LogP contribution is 2.40. The number of ether oxygens (including phenoxy) is 1. The second kappa shape index (κ2) is 8.70. The van der Waals surface area contributed by atoms with Crippen molar-refractivity contribution in [1.82, 2.24) is 4.90 Å². The molecule has 158 valence electrons. The fourth-order valence-corrected chi connectivity index (χ4v) is 3.77. The van der Waals surface area contributed by atoms with Gasteiger partial charge in [0.15, 0.2) is 0 Å². The van der Waals surface area contributed by atoms with Crippen molar-refractivity contribution in [3.63, 3.8) is 0 Å². The lowest BCUT2D eigenvalue weighted by molar-refractivity contribution is -0.140. The van der Waals surface area contributed by atoms with Gasteiger partial charge >= 0.3 is 0 Å². The van der Waals surface area contributed by atoms with E-state index < -0.39 is 17.7 Å². The topological polar surface area (TPSA) is 80.0 Å². The normalized spacial score (nSPS) is 17.9. The number of ketones is 1. The Balaban J connectivity index is 1.78. The molecule has 7 heteroatoms. The minimum atomic E-state index is -0.860. The first kappa shape index (κ1) is 20.8. The molecule has 1 aromatic heterocycles. The third-order valence-corrected chi connectivity index (χ3v) is 5.28. The van der Waals surface area contributed by atoms with Crippen LogP contribution in [0.4, 0.5) is 0 Å². The van der Waals surface area contributed by atoms with Gasteiger partial charge in [-0.3, -0.25) is 9.59 Å². The molecule has 2 heterocycles. The summed E-state index contributed by atoms with van der Waals surface area (Å²) in [6.07, 6.45) is 1.47. The van der Waals surface area contributed by atoms with Crippen molar-refractivity contribution in [2.45, 2.75) is 19.5 Å². The predicted molar refractivity (Wildman–Crippen MR) is 116 cm³/mol. The Hall–Kier alpha value is -3.51. The zero-order chi connectivity index (χ0) is 22.0. The Kier molecular flexibility index (Phi) is 5.82. The quantitative estimate of drug-likeness (QED) is 0.335. The predicted octanol–water partition coefficient (Wildman–Crippen LogP) is 4.95. The van der Waals surface area contributed by atoms with Crippen molar-refractivity contribution >= 4 is 29.1 Å². The van der Waals surface area contributed by atoms with E-state index in [1.165, 1.54) is 11.2 Å². The van der Waals surface area contributed by atoms with Crippen LogP contribution in [0.3, 0.4) is 0 Å². The van der Waals surface area contributed by atoms with Gasteiger partial charge < -0.3 is 19.2 Å². The van der Waals surface area contributed by atoms with E-state index in [9.17, 15) is 14.7 Å². The van der Waals surface area contributed by atoms with Gasteiger partial charge in [-0.15, -0.1) is 0 Å². The van der Waals surface area contributed by atoms with Gasteiger partial charge in [0.1, 0.15) is 23.3 Å². The minimum absolute atomic E-state index is 0.0248. The van der Waals surface area contributed by atoms with Gasteiger partial charge in [-0.05, 0) is 61.0 Å². The number of carbonyl (C=O) groups is 2. The van der Waals surface area contributed by atoms with Gasteiger partial charge in [0.25, 0.3) is 11.7 Å². The summed E-state index contributed by atoms with van der Waals surface area (Å²) >= 11 is 5.93. The molecule has 1 fully saturated rings. The molecule has 1 unspecified atom stereocenters. The molecule has 0 aliphatic carbocycles. The Morgan fingerprint density at radius 2 is 1.90 bits per heavy atom. The number of aliphatic hydroxyl groups is 1. The van der Waals surface area contributed by atoms with E-state index >= 15 is 0 Å². The number of halogens is 1. The first-order chi connectivity index (χ1) is 15.0. The molecule has 2 aromatic carbocycles. The van der Waals surface area contributed by atoms with E-state index in [-0.39, 0.29) is 17.9 Å². The van der Waals surface area contributed by atoms with Gasteiger partial charge in [0, 0.05) is 17.1 Å². The summed E-state index contributed by atoms with van der Waals surface area (Å²) in [5.41, 5.74) is 1.15. The number of rotatable bonds is 6. The SMILES string of the molecule is CCOc1cccc(CN2C(=O)C(=O)/C(=C(\O)c3ccc(Cl)cc3)C2c2ccco2)c1. The summed E-state index contributed by atoms with van der Waals surface area (Å²) < 4.78 is 11.1. The lowest BCUT2D eigenvalue weighted by Gasteiger charge is -2.23. The lowest BCUT2D eigenvalue weighted by atomic mass is 9.99. The monoisotopic (exact) mass is 437 g/mol. The number of hydrogen-bond acceptors (Lipinski definition) is 5. The summed E-state index contributed by atoms with van der Waals surface area (Å²) in [5.74, 6) is -0.696. The van der Waals surface area contributed by atoms with Gasteiger partial charge in [-0.2, -0.15) is 0 Å². The molecule has 1 aliphatic heterocycles. The number of carbonyl (C=O) groups excluding carboxylic acids is 2. The molecule has 1 amide bonds. The molecule has 1 atom stereocenters. The van der Waals surface area contributed by atoms with E-state index in [4.69, 9.17) is 20.8 Å². The number of amides is 1. The minimum Gasteiger partial charge on any atom is -0.507 e. The third kappa shape index (κ3) is 4.07. The molecule has 0 saturated carbocycles. The fraction of sp³-hybridized carbons (Fsp3) is 0.167. The maximum absolute atomic E-state index is 13.0. The summed E-state index contributed by atoms with van der Waals surface area (Å²) in [7, 11) is 0. The maximum atomic E-state index is 13.0. The summed E-state index contributed by atoms with van der Waals surface area (Å²) in [6.45, 7) is 2.55. The Labute approximate surface area is 184 Å². The highest BCUT2D eigenvalue weighted by Gasteiger charge is 2.47. The second-order valence-corrected chi connectivity index (χ2v) is 7.47. The molecule has 1 aliphatic rings. The van der Waals surface area contributed by atoms with Gasteiger partial charge in [-0.25, -0.2) is 0 Å². The largest absolute Gasteiger partial charge is 0.507 e. The Bertz CT molecular complexity index is 1140. The number of aliphatic hydroxyl groups excluding tert-OH is 1. The lowest BCUT2D eigenvalue weighted by Crippen LogP contribution is -2.29. The van der Waals surface area contributed by atoms with Gasteiger partial charge in [0.2, 0.25) is 0 Å². The number of furan rings is 1. The van der Waals surface area contributed by atoms with Crippen LogP contribution in [0, 0.1) is 0 Å². The van der Waals surface area contributed by atoms with E-state index in [2.05, 4.69) is 0 Å². The molecule has 0 bridgehead atoms. The van der Waals surface area contributed by atoms with Crippen molar-refractivity contribution in [3.05, 3.63) is 94.4 Å². The highest BCUT2D eigenvalue weighted by molar-refractivity contribution is 6.46. The molecule has 1 N–H and O–H groups in total. The average Bonchev–Trinajstić information content (AvgIpc) is 3.37. The Morgan fingerprint density at radius 3 is 2.58 bits per heavy atom. The third-order valence-electron chi connectivity index (χ3n) is 5.03. The molecule has 3 aromatic rings. The van der Waals surface area contributed by atoms with Crippen molar-refractivity contribution < 1.29 is 23.8 Å². The zero-order valence-corrected chi connectivity index (χ0v) is 17.5. The van der Waals surface area contributed by atoms with Crippen LogP contribution in [0.15, 0.2) is 76.9 Å². The molecule has 4 rings (SSSR count). The van der Waals surface area contributed by atoms with Crippen LogP contribution >= 0.6 is 11.6 Å². The first-order valence-electron chi connectivity index (χ1n) is 9.79. The van der Waals surface area contributed by atoms with Crippen molar-refractivity contribution in [2.24, 2.45) is 0 Å². The molecule has 6 nitrogen and oxygen atoms in total. The number of nitrogens with zero attached hydrogens (tertiary/aromatic N) is 1. The van der Waals surface area contributed by atoms with Crippen LogP contribution < -0.4 is 4.74 Å². The van der Waals surface area contributed by atoms with Crippen molar-refractivity contribution in [2.75, 3.05) is 6.61 Å². The molecule has 31 heavy (non-hydrogen) atoms. The molecular formula is C24H20ClNO5. The smallest absolute Gasteiger partial charge is 0.296 e. The number of benzene rings is 2. The molecular weight excluding hydrogens is 418 g/mol. The van der Waals surface area contributed by atoms with E-state index in [1.807, 2.05) is 31.2 Å². The van der Waals surface area contributed by atoms with E-state index in [1.54, 1.807) is 36.4 Å². The van der Waals surface area contributed by atoms with Crippen LogP contribution in [-0.2, 0) is 16.1 Å². The van der Waals surface area contributed by atoms with Crippen molar-refractivity contribution in [1.29, 1.82) is 0 Å². The number of hydrogen-bond donors (Lipinski definition) is 1. The highest BCUT2D eigenvalue weighted by atomic mass is 35.5. The molecule has 0 spiro atoms. The van der Waals surface area contributed by atoms with Crippen LogP contribution in [0.2, 0.25) is 5.02 Å². The van der Waals surface area contributed by atoms with Crippen LogP contribution in [-0.4, -0.2) is 28.3 Å².